The molecule has 0 spiro atoms. The minimum atomic E-state index is -0.304. The summed E-state index contributed by atoms with van der Waals surface area (Å²) in [6.45, 7) is 0.247. The van der Waals surface area contributed by atoms with Crippen LogP contribution in [0.3, 0.4) is 0 Å². The lowest BCUT2D eigenvalue weighted by molar-refractivity contribution is -0.141. The molecular weight excluding hydrogens is 276 g/mol. The Kier molecular flexibility index (Phi) is 5.02. The zero-order valence-corrected chi connectivity index (χ0v) is 11.9. The van der Waals surface area contributed by atoms with Gasteiger partial charge in [-0.25, -0.2) is 0 Å². The Balaban J connectivity index is 2.05. The molecule has 0 atom stereocenters. The molecule has 0 heterocycles. The summed E-state index contributed by atoms with van der Waals surface area (Å²) in [5, 5.41) is 0.524. The molecule has 4 heteroatoms. The Morgan fingerprint density at radius 2 is 1.85 bits per heavy atom. The van der Waals surface area contributed by atoms with Crippen LogP contribution in [0.4, 0.5) is 0 Å². The summed E-state index contributed by atoms with van der Waals surface area (Å²) in [5.41, 5.74) is 2.12. The van der Waals surface area contributed by atoms with Crippen molar-refractivity contribution in [1.82, 2.24) is 0 Å². The van der Waals surface area contributed by atoms with Crippen molar-refractivity contribution in [3.8, 4) is 16.9 Å². The van der Waals surface area contributed by atoms with Crippen LogP contribution in [0.5, 0.6) is 5.75 Å². The quantitative estimate of drug-likeness (QED) is 0.782. The van der Waals surface area contributed by atoms with Gasteiger partial charge in [-0.15, -0.1) is 0 Å². The van der Waals surface area contributed by atoms with Gasteiger partial charge < -0.3 is 9.47 Å². The smallest absolute Gasteiger partial charge is 0.308 e. The number of carbonyl (C=O) groups is 1. The molecule has 0 radical (unpaired) electrons. The molecule has 0 aliphatic rings. The number of methoxy groups -OCH3 is 1. The number of hydrogen-bond acceptors (Lipinski definition) is 3. The predicted octanol–water partition coefficient (Wildman–Crippen LogP) is 3.95. The fourth-order valence-electron chi connectivity index (χ4n) is 1.77. The normalized spacial score (nSPS) is 10.1. The molecule has 20 heavy (non-hydrogen) atoms. The van der Waals surface area contributed by atoms with Gasteiger partial charge in [0.15, 0.2) is 0 Å². The van der Waals surface area contributed by atoms with Crippen LogP contribution >= 0.6 is 11.6 Å². The third-order valence-corrected chi connectivity index (χ3v) is 3.13. The number of hydrogen-bond donors (Lipinski definition) is 0. The van der Waals surface area contributed by atoms with Crippen molar-refractivity contribution < 1.29 is 14.3 Å². The molecule has 0 aliphatic heterocycles. The molecule has 2 aromatic rings. The first kappa shape index (κ1) is 14.4. The van der Waals surface area contributed by atoms with Gasteiger partial charge in [-0.2, -0.15) is 0 Å². The number of esters is 1. The lowest BCUT2D eigenvalue weighted by atomic mass is 10.1. The van der Waals surface area contributed by atoms with Gasteiger partial charge in [0.05, 0.1) is 25.2 Å². The molecule has 3 nitrogen and oxygen atoms in total. The minimum absolute atomic E-state index is 0.202. The van der Waals surface area contributed by atoms with Gasteiger partial charge >= 0.3 is 5.97 Å². The average molecular weight is 291 g/mol. The number of benzene rings is 2. The maximum Gasteiger partial charge on any atom is 0.308 e. The topological polar surface area (TPSA) is 35.5 Å². The molecule has 104 valence electrons. The second kappa shape index (κ2) is 6.96. The maximum atomic E-state index is 11.0. The highest BCUT2D eigenvalue weighted by Gasteiger charge is 2.06. The summed E-state index contributed by atoms with van der Waals surface area (Å²) in [6, 6.07) is 15.6. The monoisotopic (exact) mass is 290 g/mol. The maximum absolute atomic E-state index is 11.0. The van der Waals surface area contributed by atoms with Crippen molar-refractivity contribution in [2.45, 2.75) is 6.42 Å². The molecule has 2 aromatic carbocycles. The molecule has 2 rings (SSSR count). The van der Waals surface area contributed by atoms with Crippen LogP contribution in [-0.2, 0) is 9.53 Å². The zero-order valence-electron chi connectivity index (χ0n) is 11.1. The summed E-state index contributed by atoms with van der Waals surface area (Å²) in [6.07, 6.45) is 0.202. The molecule has 0 bridgehead atoms. The van der Waals surface area contributed by atoms with E-state index >= 15 is 0 Å². The van der Waals surface area contributed by atoms with Crippen LogP contribution < -0.4 is 4.74 Å². The van der Waals surface area contributed by atoms with E-state index in [1.807, 2.05) is 48.5 Å². The van der Waals surface area contributed by atoms with Crippen molar-refractivity contribution in [3.63, 3.8) is 0 Å². The summed E-state index contributed by atoms with van der Waals surface area (Å²) in [4.78, 5) is 11.0. The predicted molar refractivity (Wildman–Crippen MR) is 79.0 cm³/mol. The van der Waals surface area contributed by atoms with Gasteiger partial charge in [-0.1, -0.05) is 48.0 Å². The Labute approximate surface area is 123 Å². The van der Waals surface area contributed by atoms with Crippen LogP contribution in [0.15, 0.2) is 48.5 Å². The van der Waals surface area contributed by atoms with Crippen LogP contribution in [0.1, 0.15) is 6.42 Å². The summed E-state index contributed by atoms with van der Waals surface area (Å²) in [5.74, 6) is 0.261. The van der Waals surface area contributed by atoms with Gasteiger partial charge in [-0.05, 0) is 23.3 Å². The van der Waals surface area contributed by atoms with Crippen molar-refractivity contribution >= 4 is 17.6 Å². The van der Waals surface area contributed by atoms with Crippen molar-refractivity contribution in [3.05, 3.63) is 53.6 Å². The number of rotatable bonds is 5. The Morgan fingerprint density at radius 1 is 1.10 bits per heavy atom. The molecule has 0 fully saturated rings. The van der Waals surface area contributed by atoms with Gasteiger partial charge in [0, 0.05) is 0 Å². The van der Waals surface area contributed by atoms with E-state index in [4.69, 9.17) is 16.3 Å². The SMILES string of the molecule is COC(=O)CCOc1ccc(-c2ccccc2)cc1Cl. The second-order valence-corrected chi connectivity index (χ2v) is 4.59. The lowest BCUT2D eigenvalue weighted by Crippen LogP contribution is -2.07. The highest BCUT2D eigenvalue weighted by Crippen LogP contribution is 2.30. The molecule has 0 unspecified atom stereocenters. The van der Waals surface area contributed by atoms with Crippen LogP contribution in [0, 0.1) is 0 Å². The van der Waals surface area contributed by atoms with Crippen molar-refractivity contribution in [2.24, 2.45) is 0 Å². The van der Waals surface area contributed by atoms with Crippen LogP contribution in [0.2, 0.25) is 5.02 Å². The summed E-state index contributed by atoms with van der Waals surface area (Å²) < 4.78 is 10.0. The summed E-state index contributed by atoms with van der Waals surface area (Å²) >= 11 is 6.19. The van der Waals surface area contributed by atoms with Crippen LogP contribution in [0.25, 0.3) is 11.1 Å². The molecular formula is C16H15ClO3. The van der Waals surface area contributed by atoms with Gasteiger partial charge in [-0.3, -0.25) is 4.79 Å². The first-order valence-corrected chi connectivity index (χ1v) is 6.63. The van der Waals surface area contributed by atoms with E-state index in [9.17, 15) is 4.79 Å². The van der Waals surface area contributed by atoms with Gasteiger partial charge in [0.25, 0.3) is 0 Å². The Hall–Kier alpha value is -2.00. The zero-order chi connectivity index (χ0) is 14.4. The summed E-state index contributed by atoms with van der Waals surface area (Å²) in [7, 11) is 1.35. The van der Waals surface area contributed by atoms with E-state index in [1.165, 1.54) is 7.11 Å². The van der Waals surface area contributed by atoms with E-state index in [0.717, 1.165) is 11.1 Å². The van der Waals surface area contributed by atoms with E-state index in [-0.39, 0.29) is 19.0 Å². The standard InChI is InChI=1S/C16H15ClO3/c1-19-16(18)9-10-20-15-8-7-13(11-14(15)17)12-5-3-2-4-6-12/h2-8,11H,9-10H2,1H3. The molecule has 0 saturated carbocycles. The third-order valence-electron chi connectivity index (χ3n) is 2.83. The van der Waals surface area contributed by atoms with E-state index in [0.29, 0.717) is 10.8 Å². The first-order chi connectivity index (χ1) is 9.70. The average Bonchev–Trinajstić information content (AvgIpc) is 2.49. The molecule has 0 aromatic heterocycles. The largest absolute Gasteiger partial charge is 0.491 e. The third kappa shape index (κ3) is 3.75. The number of carbonyl (C=O) groups excluding carboxylic acids is 1. The second-order valence-electron chi connectivity index (χ2n) is 4.19. The van der Waals surface area contributed by atoms with Gasteiger partial charge in [0.1, 0.15) is 5.75 Å². The first-order valence-electron chi connectivity index (χ1n) is 6.25. The highest BCUT2D eigenvalue weighted by molar-refractivity contribution is 6.32. The molecule has 0 amide bonds. The van der Waals surface area contributed by atoms with Gasteiger partial charge in [0.2, 0.25) is 0 Å². The fourth-order valence-corrected chi connectivity index (χ4v) is 2.01. The van der Waals surface area contributed by atoms with E-state index in [1.54, 1.807) is 0 Å². The fraction of sp³-hybridized carbons (Fsp3) is 0.188. The molecule has 0 N–H and O–H groups in total. The number of halogens is 1. The molecule has 0 aliphatic carbocycles. The minimum Gasteiger partial charge on any atom is -0.491 e. The highest BCUT2D eigenvalue weighted by atomic mass is 35.5. The van der Waals surface area contributed by atoms with Crippen LogP contribution in [-0.4, -0.2) is 19.7 Å². The number of ether oxygens (including phenoxy) is 2. The Morgan fingerprint density at radius 3 is 2.50 bits per heavy atom. The molecule has 0 saturated heterocycles. The Bertz CT molecular complexity index is 582. The van der Waals surface area contributed by atoms with Crippen molar-refractivity contribution in [2.75, 3.05) is 13.7 Å². The van der Waals surface area contributed by atoms with E-state index in [2.05, 4.69) is 4.74 Å². The van der Waals surface area contributed by atoms with E-state index < -0.39 is 0 Å². The van der Waals surface area contributed by atoms with Crippen molar-refractivity contribution in [1.29, 1.82) is 0 Å². The lowest BCUT2D eigenvalue weighted by Gasteiger charge is -2.09.